The fourth-order valence-electron chi connectivity index (χ4n) is 2.57. The molecule has 5 heteroatoms. The van der Waals surface area contributed by atoms with Crippen molar-refractivity contribution >= 4 is 10.0 Å². The van der Waals surface area contributed by atoms with Gasteiger partial charge in [-0.25, -0.2) is 13.1 Å². The summed E-state index contributed by atoms with van der Waals surface area (Å²) in [5.74, 6) is 0.894. The van der Waals surface area contributed by atoms with Gasteiger partial charge in [-0.05, 0) is 48.8 Å². The second-order valence-electron chi connectivity index (χ2n) is 6.15. The molecule has 0 unspecified atom stereocenters. The molecule has 1 aromatic rings. The molecule has 0 aromatic heterocycles. The summed E-state index contributed by atoms with van der Waals surface area (Å²) < 4.78 is 32.8. The molecule has 2 rings (SSSR count). The summed E-state index contributed by atoms with van der Waals surface area (Å²) in [5.41, 5.74) is 1.07. The van der Waals surface area contributed by atoms with Gasteiger partial charge >= 0.3 is 0 Å². The van der Waals surface area contributed by atoms with E-state index in [4.69, 9.17) is 4.74 Å². The largest absolute Gasteiger partial charge is 0.381 e. The van der Waals surface area contributed by atoms with Crippen LogP contribution in [0.5, 0.6) is 0 Å². The Balaban J connectivity index is 2.01. The van der Waals surface area contributed by atoms with E-state index in [1.807, 2.05) is 12.1 Å². The minimum Gasteiger partial charge on any atom is -0.381 e. The van der Waals surface area contributed by atoms with Gasteiger partial charge in [0.25, 0.3) is 0 Å². The number of hydrogen-bond acceptors (Lipinski definition) is 3. The third kappa shape index (κ3) is 5.09. The monoisotopic (exact) mass is 311 g/mol. The third-order valence-electron chi connectivity index (χ3n) is 3.76. The van der Waals surface area contributed by atoms with Crippen LogP contribution in [0.1, 0.15) is 32.3 Å². The molecule has 4 nitrogen and oxygen atoms in total. The molecule has 118 valence electrons. The summed E-state index contributed by atoms with van der Waals surface area (Å²) in [6.07, 6.45) is 2.75. The summed E-state index contributed by atoms with van der Waals surface area (Å²) >= 11 is 0. The smallest absolute Gasteiger partial charge is 0.240 e. The average Bonchev–Trinajstić information content (AvgIpc) is 2.46. The van der Waals surface area contributed by atoms with E-state index in [1.165, 1.54) is 0 Å². The van der Waals surface area contributed by atoms with Crippen molar-refractivity contribution in [2.24, 2.45) is 11.8 Å². The molecular weight excluding hydrogens is 286 g/mol. The second-order valence-corrected chi connectivity index (χ2v) is 7.92. The fraction of sp³-hybridized carbons (Fsp3) is 0.625. The highest BCUT2D eigenvalue weighted by atomic mass is 32.2. The molecule has 1 aliphatic rings. The average molecular weight is 311 g/mol. The lowest BCUT2D eigenvalue weighted by Crippen LogP contribution is -2.32. The highest BCUT2D eigenvalue weighted by Gasteiger charge is 2.19. The molecule has 1 N–H and O–H groups in total. The van der Waals surface area contributed by atoms with Crippen LogP contribution in [0.2, 0.25) is 0 Å². The van der Waals surface area contributed by atoms with Gasteiger partial charge in [0.2, 0.25) is 10.0 Å². The van der Waals surface area contributed by atoms with Gasteiger partial charge in [0.15, 0.2) is 0 Å². The predicted octanol–water partition coefficient (Wildman–Crippen LogP) is 2.59. The van der Waals surface area contributed by atoms with Crippen LogP contribution in [-0.4, -0.2) is 28.2 Å². The quantitative estimate of drug-likeness (QED) is 0.878. The minimum absolute atomic E-state index is 0.368. The summed E-state index contributed by atoms with van der Waals surface area (Å²) in [6.45, 7) is 6.22. The number of hydrogen-bond donors (Lipinski definition) is 1. The van der Waals surface area contributed by atoms with Crippen molar-refractivity contribution in [3.8, 4) is 0 Å². The van der Waals surface area contributed by atoms with E-state index in [0.717, 1.165) is 38.0 Å². The van der Waals surface area contributed by atoms with Gasteiger partial charge in [-0.3, -0.25) is 0 Å². The topological polar surface area (TPSA) is 55.4 Å². The lowest BCUT2D eigenvalue weighted by atomic mass is 10.0. The Labute approximate surface area is 127 Å². The number of benzene rings is 1. The Kier molecular flexibility index (Phi) is 5.79. The number of sulfonamides is 1. The van der Waals surface area contributed by atoms with Crippen LogP contribution >= 0.6 is 0 Å². The molecular formula is C16H25NO3S. The van der Waals surface area contributed by atoms with Crippen molar-refractivity contribution in [3.63, 3.8) is 0 Å². The number of rotatable bonds is 6. The van der Waals surface area contributed by atoms with Crippen molar-refractivity contribution in [2.75, 3.05) is 19.8 Å². The molecule has 1 fully saturated rings. The lowest BCUT2D eigenvalue weighted by Gasteiger charge is -2.22. The predicted molar refractivity (Wildman–Crippen MR) is 83.7 cm³/mol. The molecule has 21 heavy (non-hydrogen) atoms. The molecule has 0 radical (unpaired) electrons. The maximum atomic E-state index is 12.4. The van der Waals surface area contributed by atoms with Crippen LogP contribution < -0.4 is 4.72 Å². The van der Waals surface area contributed by atoms with E-state index in [2.05, 4.69) is 18.6 Å². The van der Waals surface area contributed by atoms with E-state index in [9.17, 15) is 8.42 Å². The Hall–Kier alpha value is -0.910. The second kappa shape index (κ2) is 7.38. The van der Waals surface area contributed by atoms with Crippen LogP contribution in [0.3, 0.4) is 0 Å². The van der Waals surface area contributed by atoms with Crippen LogP contribution in [0.4, 0.5) is 0 Å². The normalized spacial score (nSPS) is 17.3. The summed E-state index contributed by atoms with van der Waals surface area (Å²) in [7, 11) is -3.41. The molecule has 1 heterocycles. The molecule has 1 aromatic carbocycles. The summed E-state index contributed by atoms with van der Waals surface area (Å²) in [6, 6.07) is 7.25. The van der Waals surface area contributed by atoms with Gasteiger partial charge in [0.1, 0.15) is 0 Å². The van der Waals surface area contributed by atoms with Crippen molar-refractivity contribution in [2.45, 2.75) is 38.0 Å². The minimum atomic E-state index is -3.41. The van der Waals surface area contributed by atoms with E-state index < -0.39 is 10.0 Å². The van der Waals surface area contributed by atoms with Gasteiger partial charge in [-0.2, -0.15) is 0 Å². The van der Waals surface area contributed by atoms with Gasteiger partial charge in [0, 0.05) is 19.8 Å². The Morgan fingerprint density at radius 2 is 2.00 bits per heavy atom. The standard InChI is InChI=1S/C16H25NO3S/c1-13(2)10-15-4-3-5-16(11-15)21(18,19)17-12-14-6-8-20-9-7-14/h3-5,11,13-14,17H,6-10,12H2,1-2H3. The molecule has 0 aliphatic carbocycles. The Morgan fingerprint density at radius 1 is 1.29 bits per heavy atom. The van der Waals surface area contributed by atoms with E-state index in [0.29, 0.717) is 23.3 Å². The van der Waals surface area contributed by atoms with Crippen LogP contribution in [0, 0.1) is 11.8 Å². The molecule has 1 aliphatic heterocycles. The first-order chi connectivity index (χ1) is 9.97. The van der Waals surface area contributed by atoms with E-state index in [1.54, 1.807) is 12.1 Å². The SMILES string of the molecule is CC(C)Cc1cccc(S(=O)(=O)NCC2CCOCC2)c1. The van der Waals surface area contributed by atoms with Crippen molar-refractivity contribution in [1.82, 2.24) is 4.72 Å². The third-order valence-corrected chi connectivity index (χ3v) is 5.18. The molecule has 0 bridgehead atoms. The molecule has 1 saturated heterocycles. The first-order valence-corrected chi connectivity index (χ1v) is 9.12. The maximum Gasteiger partial charge on any atom is 0.240 e. The number of ether oxygens (including phenoxy) is 1. The zero-order chi connectivity index (χ0) is 15.3. The summed E-state index contributed by atoms with van der Waals surface area (Å²) in [5, 5.41) is 0. The first-order valence-electron chi connectivity index (χ1n) is 7.64. The fourth-order valence-corrected chi connectivity index (χ4v) is 3.76. The first kappa shape index (κ1) is 16.5. The Bertz CT molecular complexity index is 548. The highest BCUT2D eigenvalue weighted by molar-refractivity contribution is 7.89. The molecule has 0 atom stereocenters. The maximum absolute atomic E-state index is 12.4. The van der Waals surface area contributed by atoms with E-state index >= 15 is 0 Å². The molecule has 0 saturated carbocycles. The van der Waals surface area contributed by atoms with Crippen LogP contribution in [0.25, 0.3) is 0 Å². The van der Waals surface area contributed by atoms with Gasteiger partial charge in [-0.15, -0.1) is 0 Å². The van der Waals surface area contributed by atoms with E-state index in [-0.39, 0.29) is 0 Å². The van der Waals surface area contributed by atoms with Gasteiger partial charge in [0.05, 0.1) is 4.90 Å². The molecule has 0 amide bonds. The lowest BCUT2D eigenvalue weighted by molar-refractivity contribution is 0.0678. The molecule has 0 spiro atoms. The van der Waals surface area contributed by atoms with Gasteiger partial charge < -0.3 is 4.74 Å². The Morgan fingerprint density at radius 3 is 2.67 bits per heavy atom. The van der Waals surface area contributed by atoms with Crippen LogP contribution in [-0.2, 0) is 21.2 Å². The van der Waals surface area contributed by atoms with Crippen molar-refractivity contribution in [3.05, 3.63) is 29.8 Å². The van der Waals surface area contributed by atoms with Crippen LogP contribution in [0.15, 0.2) is 29.2 Å². The van der Waals surface area contributed by atoms with Crippen molar-refractivity contribution < 1.29 is 13.2 Å². The summed E-state index contributed by atoms with van der Waals surface area (Å²) in [4.78, 5) is 0.368. The number of nitrogens with one attached hydrogen (secondary N) is 1. The van der Waals surface area contributed by atoms with Gasteiger partial charge in [-0.1, -0.05) is 26.0 Å². The van der Waals surface area contributed by atoms with Crippen molar-refractivity contribution in [1.29, 1.82) is 0 Å². The zero-order valence-electron chi connectivity index (χ0n) is 12.8. The highest BCUT2D eigenvalue weighted by Crippen LogP contribution is 2.17. The zero-order valence-corrected chi connectivity index (χ0v) is 13.7.